The lowest BCUT2D eigenvalue weighted by Crippen LogP contribution is -2.14. The number of aromatic nitrogens is 1. The van der Waals surface area contributed by atoms with E-state index in [1.165, 1.54) is 30.6 Å². The highest BCUT2D eigenvalue weighted by molar-refractivity contribution is 6.39. The molecular weight excluding hydrogens is 433 g/mol. The minimum absolute atomic E-state index is 0.0420. The maximum atomic E-state index is 12.6. The average molecular weight is 449 g/mol. The molecule has 0 bridgehead atoms. The summed E-state index contributed by atoms with van der Waals surface area (Å²) in [5.74, 6) is -1.90. The number of carbonyl (C=O) groups is 2. The highest BCUT2D eigenvalue weighted by Gasteiger charge is 2.17. The summed E-state index contributed by atoms with van der Waals surface area (Å²) in [6.45, 7) is -3.03. The van der Waals surface area contributed by atoms with Gasteiger partial charge in [0, 0.05) is 24.4 Å². The van der Waals surface area contributed by atoms with Crippen LogP contribution in [-0.4, -0.2) is 35.2 Å². The lowest BCUT2D eigenvalue weighted by molar-refractivity contribution is -0.137. The van der Waals surface area contributed by atoms with Gasteiger partial charge in [0.25, 0.3) is 5.91 Å². The fraction of sp³-hybridized carbons (Fsp3) is 0.278. The first-order chi connectivity index (χ1) is 13.8. The standard InChI is InChI=1S/C18H16Cl2F2N2O5/c19-11-8-23-9-12(20)16(11)24-17(27)10-4-5-13(29-18(21)22)14(7-10)28-6-2-1-3-15(25)26/h4-5,7-9,18H,1-3,6H2,(H,25,26)(H,23,24,27). The molecule has 2 aromatic rings. The maximum Gasteiger partial charge on any atom is 0.387 e. The Hall–Kier alpha value is -2.65. The van der Waals surface area contributed by atoms with Gasteiger partial charge < -0.3 is 19.9 Å². The van der Waals surface area contributed by atoms with E-state index in [9.17, 15) is 18.4 Å². The molecule has 0 atom stereocenters. The molecule has 11 heteroatoms. The molecule has 0 aliphatic heterocycles. The Bertz CT molecular complexity index is 863. The van der Waals surface area contributed by atoms with E-state index in [2.05, 4.69) is 15.0 Å². The van der Waals surface area contributed by atoms with Gasteiger partial charge in [-0.2, -0.15) is 8.78 Å². The van der Waals surface area contributed by atoms with E-state index < -0.39 is 18.5 Å². The summed E-state index contributed by atoms with van der Waals surface area (Å²) < 4.78 is 35.0. The zero-order valence-electron chi connectivity index (χ0n) is 14.8. The number of hydrogen-bond acceptors (Lipinski definition) is 5. The maximum absolute atomic E-state index is 12.6. The number of carboxylic acid groups (broad SMARTS) is 1. The number of alkyl halides is 2. The number of carbonyl (C=O) groups excluding carboxylic acids is 1. The molecule has 2 N–H and O–H groups in total. The number of pyridine rings is 1. The van der Waals surface area contributed by atoms with Crippen LogP contribution in [0.5, 0.6) is 11.5 Å². The summed E-state index contributed by atoms with van der Waals surface area (Å²) in [6.07, 6.45) is 3.28. The molecule has 0 aliphatic carbocycles. The number of unbranched alkanes of at least 4 members (excludes halogenated alkanes) is 1. The van der Waals surface area contributed by atoms with Crippen molar-refractivity contribution < 1.29 is 33.0 Å². The summed E-state index contributed by atoms with van der Waals surface area (Å²) in [4.78, 5) is 26.8. The van der Waals surface area contributed by atoms with Gasteiger partial charge >= 0.3 is 12.6 Å². The van der Waals surface area contributed by atoms with Crippen LogP contribution >= 0.6 is 23.2 Å². The molecule has 0 spiro atoms. The SMILES string of the molecule is O=C(O)CCCCOc1cc(C(=O)Nc2c(Cl)cncc2Cl)ccc1OC(F)F. The fourth-order valence-corrected chi connectivity index (χ4v) is 2.69. The van der Waals surface area contributed by atoms with E-state index in [1.54, 1.807) is 0 Å². The lowest BCUT2D eigenvalue weighted by Gasteiger charge is -2.14. The first-order valence-electron chi connectivity index (χ1n) is 8.31. The Kier molecular flexibility index (Phi) is 8.41. The van der Waals surface area contributed by atoms with Crippen molar-refractivity contribution in [1.82, 2.24) is 4.98 Å². The van der Waals surface area contributed by atoms with E-state index in [1.807, 2.05) is 0 Å². The topological polar surface area (TPSA) is 97.8 Å². The summed E-state index contributed by atoms with van der Waals surface area (Å²) in [5, 5.41) is 11.4. The molecular formula is C18H16Cl2F2N2O5. The number of hydrogen-bond donors (Lipinski definition) is 2. The van der Waals surface area contributed by atoms with Crippen LogP contribution in [0.1, 0.15) is 29.6 Å². The Labute approximate surface area is 174 Å². The highest BCUT2D eigenvalue weighted by atomic mass is 35.5. The molecule has 0 saturated carbocycles. The van der Waals surface area contributed by atoms with Gasteiger partial charge in [-0.05, 0) is 31.0 Å². The van der Waals surface area contributed by atoms with Crippen LogP contribution in [0.25, 0.3) is 0 Å². The molecule has 7 nitrogen and oxygen atoms in total. The molecule has 1 aromatic carbocycles. The number of amides is 1. The van der Waals surface area contributed by atoms with Gasteiger partial charge in [-0.1, -0.05) is 23.2 Å². The Morgan fingerprint density at radius 3 is 2.45 bits per heavy atom. The van der Waals surface area contributed by atoms with E-state index in [4.69, 9.17) is 33.0 Å². The van der Waals surface area contributed by atoms with Crippen LogP contribution in [0.2, 0.25) is 10.0 Å². The number of rotatable bonds is 10. The van der Waals surface area contributed by atoms with Gasteiger partial charge in [0.15, 0.2) is 11.5 Å². The first kappa shape index (κ1) is 22.6. The van der Waals surface area contributed by atoms with Crippen LogP contribution in [0.15, 0.2) is 30.6 Å². The van der Waals surface area contributed by atoms with E-state index in [-0.39, 0.29) is 45.8 Å². The number of aliphatic carboxylic acids is 1. The zero-order chi connectivity index (χ0) is 21.4. The molecule has 29 heavy (non-hydrogen) atoms. The van der Waals surface area contributed by atoms with Crippen molar-refractivity contribution >= 4 is 40.8 Å². The summed E-state index contributed by atoms with van der Waals surface area (Å²) in [7, 11) is 0. The minimum atomic E-state index is -3.08. The van der Waals surface area contributed by atoms with Gasteiger partial charge in [-0.3, -0.25) is 14.6 Å². The molecule has 1 heterocycles. The number of anilines is 1. The largest absolute Gasteiger partial charge is 0.490 e. The predicted octanol–water partition coefficient (Wildman–Crippen LogP) is 4.88. The highest BCUT2D eigenvalue weighted by Crippen LogP contribution is 2.32. The van der Waals surface area contributed by atoms with Crippen molar-refractivity contribution in [2.45, 2.75) is 25.9 Å². The number of nitrogens with zero attached hydrogens (tertiary/aromatic N) is 1. The summed E-state index contributed by atoms with van der Waals surface area (Å²) in [6, 6.07) is 3.67. The zero-order valence-corrected chi connectivity index (χ0v) is 16.3. The van der Waals surface area contributed by atoms with Crippen molar-refractivity contribution in [3.8, 4) is 11.5 Å². The molecule has 0 fully saturated rings. The quantitative estimate of drug-likeness (QED) is 0.502. The number of benzene rings is 1. The summed E-state index contributed by atoms with van der Waals surface area (Å²) in [5.41, 5.74) is 0.230. The molecule has 1 amide bonds. The van der Waals surface area contributed by atoms with Crippen LogP contribution in [0.4, 0.5) is 14.5 Å². The van der Waals surface area contributed by atoms with Gasteiger partial charge in [-0.25, -0.2) is 0 Å². The van der Waals surface area contributed by atoms with Crippen molar-refractivity contribution in [2.75, 3.05) is 11.9 Å². The molecule has 2 rings (SSSR count). The average Bonchev–Trinajstić information content (AvgIpc) is 2.65. The fourth-order valence-electron chi connectivity index (χ4n) is 2.23. The van der Waals surface area contributed by atoms with Gasteiger partial charge in [0.05, 0.1) is 22.3 Å². The molecule has 0 aliphatic rings. The van der Waals surface area contributed by atoms with Crippen LogP contribution < -0.4 is 14.8 Å². The number of ether oxygens (including phenoxy) is 2. The monoisotopic (exact) mass is 448 g/mol. The van der Waals surface area contributed by atoms with Crippen molar-refractivity contribution in [1.29, 1.82) is 0 Å². The molecule has 1 aromatic heterocycles. The van der Waals surface area contributed by atoms with Gasteiger partial charge in [-0.15, -0.1) is 0 Å². The van der Waals surface area contributed by atoms with Crippen molar-refractivity contribution in [2.24, 2.45) is 0 Å². The Balaban J connectivity index is 2.15. The molecule has 0 radical (unpaired) electrons. The molecule has 0 saturated heterocycles. The van der Waals surface area contributed by atoms with Gasteiger partial charge in [0.1, 0.15) is 0 Å². The summed E-state index contributed by atoms with van der Waals surface area (Å²) >= 11 is 11.9. The smallest absolute Gasteiger partial charge is 0.387 e. The van der Waals surface area contributed by atoms with Crippen molar-refractivity contribution in [3.63, 3.8) is 0 Å². The molecule has 0 unspecified atom stereocenters. The van der Waals surface area contributed by atoms with E-state index in [0.717, 1.165) is 0 Å². The van der Waals surface area contributed by atoms with Crippen LogP contribution in [0.3, 0.4) is 0 Å². The van der Waals surface area contributed by atoms with Crippen LogP contribution in [-0.2, 0) is 4.79 Å². The number of halogens is 4. The number of carboxylic acids is 1. The van der Waals surface area contributed by atoms with E-state index in [0.29, 0.717) is 12.8 Å². The Morgan fingerprint density at radius 2 is 1.83 bits per heavy atom. The van der Waals surface area contributed by atoms with Gasteiger partial charge in [0.2, 0.25) is 0 Å². The van der Waals surface area contributed by atoms with E-state index >= 15 is 0 Å². The number of nitrogens with one attached hydrogen (secondary N) is 1. The Morgan fingerprint density at radius 1 is 1.14 bits per heavy atom. The second kappa shape index (κ2) is 10.8. The second-order valence-electron chi connectivity index (χ2n) is 5.67. The van der Waals surface area contributed by atoms with Crippen molar-refractivity contribution in [3.05, 3.63) is 46.2 Å². The third-order valence-corrected chi connectivity index (χ3v) is 4.13. The normalized spacial score (nSPS) is 10.7. The lowest BCUT2D eigenvalue weighted by atomic mass is 10.2. The van der Waals surface area contributed by atoms with Crippen LogP contribution in [0, 0.1) is 0 Å². The molecule has 156 valence electrons. The third kappa shape index (κ3) is 7.03. The second-order valence-corrected chi connectivity index (χ2v) is 6.49. The predicted molar refractivity (Wildman–Crippen MR) is 102 cm³/mol. The third-order valence-electron chi connectivity index (χ3n) is 3.56. The first-order valence-corrected chi connectivity index (χ1v) is 9.07. The minimum Gasteiger partial charge on any atom is -0.490 e.